The molecule has 0 aliphatic carbocycles. The Labute approximate surface area is 227 Å². The number of methoxy groups -OCH3 is 2. The number of nitrogens with zero attached hydrogens (tertiary/aromatic N) is 3. The number of esters is 2. The number of aromatic nitrogens is 2. The van der Waals surface area contributed by atoms with Crippen molar-refractivity contribution >= 4 is 23.5 Å². The summed E-state index contributed by atoms with van der Waals surface area (Å²) < 4.78 is 15.1. The van der Waals surface area contributed by atoms with E-state index in [-0.39, 0.29) is 28.4 Å². The minimum atomic E-state index is -0.621. The number of carbonyl (C=O) groups is 3. The molecule has 1 aliphatic heterocycles. The molecular weight excluding hydrogens is 500 g/mol. The van der Waals surface area contributed by atoms with Crippen LogP contribution in [0.25, 0.3) is 11.4 Å². The predicted octanol–water partition coefficient (Wildman–Crippen LogP) is 4.46. The van der Waals surface area contributed by atoms with E-state index < -0.39 is 11.9 Å². The van der Waals surface area contributed by atoms with Gasteiger partial charge in [0.05, 0.1) is 37.8 Å². The highest BCUT2D eigenvalue weighted by Gasteiger charge is 2.28. The Morgan fingerprint density at radius 2 is 1.67 bits per heavy atom. The molecule has 1 aromatic heterocycles. The minimum absolute atomic E-state index is 0.0613. The standard InChI is InChI=1S/C29H34N4O6/c1-29(2,3)22-10-8-18(9-11-22)25-31-24(39-32-25)17-33-12-6-7-19(16-33)26(34)30-23-14-20(27(35)37-4)13-21(15-23)28(36)38-5/h8-11,13-15,19H,6-7,12,16-17H2,1-5H3,(H,30,34). The third kappa shape index (κ3) is 6.88. The SMILES string of the molecule is COC(=O)c1cc(NC(=O)C2CCCN(Cc3nc(-c4ccc(C(C)(C)C)cc4)no3)C2)cc(C(=O)OC)c1. The first-order chi connectivity index (χ1) is 18.6. The molecular formula is C29H34N4O6. The fourth-order valence-electron chi connectivity index (χ4n) is 4.58. The maximum absolute atomic E-state index is 13.1. The Bertz CT molecular complexity index is 1310. The van der Waals surface area contributed by atoms with Gasteiger partial charge in [0.1, 0.15) is 0 Å². The van der Waals surface area contributed by atoms with Gasteiger partial charge in [0.2, 0.25) is 17.6 Å². The molecule has 206 valence electrons. The second-order valence-electron chi connectivity index (χ2n) is 10.7. The van der Waals surface area contributed by atoms with Crippen LogP contribution in [0.2, 0.25) is 0 Å². The number of amides is 1. The van der Waals surface area contributed by atoms with Gasteiger partial charge in [0, 0.05) is 17.8 Å². The van der Waals surface area contributed by atoms with Crippen LogP contribution >= 0.6 is 0 Å². The first-order valence-electron chi connectivity index (χ1n) is 12.9. The number of benzene rings is 2. The van der Waals surface area contributed by atoms with E-state index in [2.05, 4.69) is 53.3 Å². The van der Waals surface area contributed by atoms with Crippen LogP contribution in [-0.4, -0.2) is 60.2 Å². The number of nitrogens with one attached hydrogen (secondary N) is 1. The first kappa shape index (κ1) is 28.0. The molecule has 0 bridgehead atoms. The van der Waals surface area contributed by atoms with Crippen molar-refractivity contribution in [1.29, 1.82) is 0 Å². The minimum Gasteiger partial charge on any atom is -0.465 e. The molecule has 1 amide bonds. The van der Waals surface area contributed by atoms with Gasteiger partial charge in [0.15, 0.2) is 0 Å². The smallest absolute Gasteiger partial charge is 0.337 e. The number of hydrogen-bond acceptors (Lipinski definition) is 9. The second kappa shape index (κ2) is 11.8. The summed E-state index contributed by atoms with van der Waals surface area (Å²) in [7, 11) is 2.49. The average molecular weight is 535 g/mol. The molecule has 2 aromatic carbocycles. The Balaban J connectivity index is 1.40. The van der Waals surface area contributed by atoms with Crippen LogP contribution in [0.3, 0.4) is 0 Å². The number of hydrogen-bond donors (Lipinski definition) is 1. The molecule has 4 rings (SSSR count). The topological polar surface area (TPSA) is 124 Å². The summed E-state index contributed by atoms with van der Waals surface area (Å²) >= 11 is 0. The normalized spacial score (nSPS) is 16.0. The Hall–Kier alpha value is -4.05. The highest BCUT2D eigenvalue weighted by atomic mass is 16.5. The molecule has 10 nitrogen and oxygen atoms in total. The third-order valence-electron chi connectivity index (χ3n) is 6.76. The van der Waals surface area contributed by atoms with Crippen molar-refractivity contribution in [2.75, 3.05) is 32.6 Å². The van der Waals surface area contributed by atoms with E-state index in [1.807, 2.05) is 12.1 Å². The van der Waals surface area contributed by atoms with Crippen LogP contribution in [0.1, 0.15) is 65.8 Å². The third-order valence-corrected chi connectivity index (χ3v) is 6.76. The van der Waals surface area contributed by atoms with Crippen LogP contribution < -0.4 is 5.32 Å². The van der Waals surface area contributed by atoms with Crippen LogP contribution in [0, 0.1) is 5.92 Å². The van der Waals surface area contributed by atoms with Gasteiger partial charge in [-0.05, 0) is 48.6 Å². The zero-order chi connectivity index (χ0) is 28.2. The quantitative estimate of drug-likeness (QED) is 0.438. The molecule has 1 saturated heterocycles. The molecule has 1 aliphatic rings. The van der Waals surface area contributed by atoms with Crippen LogP contribution in [0.15, 0.2) is 47.0 Å². The van der Waals surface area contributed by atoms with Gasteiger partial charge >= 0.3 is 11.9 Å². The molecule has 3 aromatic rings. The van der Waals surface area contributed by atoms with Crippen molar-refractivity contribution in [3.8, 4) is 11.4 Å². The van der Waals surface area contributed by atoms with Gasteiger partial charge in [-0.15, -0.1) is 0 Å². The molecule has 0 spiro atoms. The second-order valence-corrected chi connectivity index (χ2v) is 10.7. The Kier molecular flexibility index (Phi) is 8.44. The predicted molar refractivity (Wildman–Crippen MR) is 144 cm³/mol. The molecule has 1 atom stereocenters. The summed E-state index contributed by atoms with van der Waals surface area (Å²) in [5.41, 5.74) is 2.77. The van der Waals surface area contributed by atoms with E-state index in [9.17, 15) is 14.4 Å². The molecule has 10 heteroatoms. The van der Waals surface area contributed by atoms with E-state index >= 15 is 0 Å². The summed E-state index contributed by atoms with van der Waals surface area (Å²) in [6, 6.07) is 12.5. The van der Waals surface area contributed by atoms with E-state index in [0.717, 1.165) is 18.5 Å². The van der Waals surface area contributed by atoms with Crippen molar-refractivity contribution in [2.24, 2.45) is 5.92 Å². The number of carbonyl (C=O) groups excluding carboxylic acids is 3. The average Bonchev–Trinajstić information content (AvgIpc) is 3.40. The van der Waals surface area contributed by atoms with Gasteiger partial charge in [-0.3, -0.25) is 9.69 Å². The van der Waals surface area contributed by atoms with Gasteiger partial charge < -0.3 is 19.3 Å². The Morgan fingerprint density at radius 3 is 2.26 bits per heavy atom. The zero-order valence-corrected chi connectivity index (χ0v) is 22.9. The molecule has 39 heavy (non-hydrogen) atoms. The fourth-order valence-corrected chi connectivity index (χ4v) is 4.58. The van der Waals surface area contributed by atoms with Crippen molar-refractivity contribution < 1.29 is 28.4 Å². The zero-order valence-electron chi connectivity index (χ0n) is 22.9. The maximum atomic E-state index is 13.1. The summed E-state index contributed by atoms with van der Waals surface area (Å²) in [5, 5.41) is 6.99. The number of rotatable bonds is 7. The molecule has 1 fully saturated rings. The highest BCUT2D eigenvalue weighted by molar-refractivity contribution is 6.00. The summed E-state index contributed by atoms with van der Waals surface area (Å²) in [4.78, 5) is 43.9. The summed E-state index contributed by atoms with van der Waals surface area (Å²) in [5.74, 6) is -0.728. The lowest BCUT2D eigenvalue weighted by Crippen LogP contribution is -2.40. The van der Waals surface area contributed by atoms with Crippen LogP contribution in [0.5, 0.6) is 0 Å². The van der Waals surface area contributed by atoms with Crippen LogP contribution in [0.4, 0.5) is 5.69 Å². The lowest BCUT2D eigenvalue weighted by molar-refractivity contribution is -0.121. The highest BCUT2D eigenvalue weighted by Crippen LogP contribution is 2.26. The van der Waals surface area contributed by atoms with Gasteiger partial charge in [-0.1, -0.05) is 50.2 Å². The number of ether oxygens (including phenoxy) is 2. The first-order valence-corrected chi connectivity index (χ1v) is 12.9. The van der Waals surface area contributed by atoms with Gasteiger partial charge in [-0.2, -0.15) is 4.98 Å². The van der Waals surface area contributed by atoms with Crippen molar-refractivity contribution in [1.82, 2.24) is 15.0 Å². The van der Waals surface area contributed by atoms with Crippen molar-refractivity contribution in [3.63, 3.8) is 0 Å². The van der Waals surface area contributed by atoms with E-state index in [0.29, 0.717) is 36.9 Å². The van der Waals surface area contributed by atoms with Gasteiger partial charge in [0.25, 0.3) is 0 Å². The largest absolute Gasteiger partial charge is 0.465 e. The lowest BCUT2D eigenvalue weighted by atomic mass is 9.87. The molecule has 1 N–H and O–H groups in total. The molecule has 0 saturated carbocycles. The van der Waals surface area contributed by atoms with Crippen LogP contribution in [-0.2, 0) is 26.2 Å². The number of likely N-dealkylation sites (tertiary alicyclic amines) is 1. The summed E-state index contributed by atoms with van der Waals surface area (Å²) in [6.45, 7) is 8.23. The van der Waals surface area contributed by atoms with E-state index in [4.69, 9.17) is 14.0 Å². The maximum Gasteiger partial charge on any atom is 0.337 e. The van der Waals surface area contributed by atoms with Gasteiger partial charge in [-0.25, -0.2) is 9.59 Å². The number of anilines is 1. The lowest BCUT2D eigenvalue weighted by Gasteiger charge is -2.30. The Morgan fingerprint density at radius 1 is 1.03 bits per heavy atom. The fraction of sp³-hybridized carbons (Fsp3) is 0.414. The number of piperidine rings is 1. The van der Waals surface area contributed by atoms with Crippen molar-refractivity contribution in [2.45, 2.75) is 45.6 Å². The molecule has 1 unspecified atom stereocenters. The van der Waals surface area contributed by atoms with Crippen molar-refractivity contribution in [3.05, 3.63) is 65.0 Å². The molecule has 0 radical (unpaired) electrons. The monoisotopic (exact) mass is 534 g/mol. The summed E-state index contributed by atoms with van der Waals surface area (Å²) in [6.07, 6.45) is 1.53. The molecule has 2 heterocycles. The van der Waals surface area contributed by atoms with E-state index in [1.165, 1.54) is 38.0 Å². The van der Waals surface area contributed by atoms with E-state index in [1.54, 1.807) is 0 Å².